The van der Waals surface area contributed by atoms with Crippen molar-refractivity contribution in [3.8, 4) is 0 Å². The first kappa shape index (κ1) is 20.3. The van der Waals surface area contributed by atoms with Crippen molar-refractivity contribution in [2.24, 2.45) is 0 Å². The number of thioether (sulfide) groups is 4. The molecule has 6 rings (SSSR count). The van der Waals surface area contributed by atoms with Crippen LogP contribution in [0.3, 0.4) is 0 Å². The van der Waals surface area contributed by atoms with Gasteiger partial charge in [-0.3, -0.25) is 0 Å². The molecule has 0 unspecified atom stereocenters. The lowest BCUT2D eigenvalue weighted by Gasteiger charge is -1.94. The zero-order chi connectivity index (χ0) is 20.6. The van der Waals surface area contributed by atoms with E-state index in [9.17, 15) is 0 Å². The molecule has 152 valence electrons. The maximum Gasteiger partial charge on any atom is 0.0513 e. The minimum absolute atomic E-state index is 1.02. The average Bonchev–Trinajstić information content (AvgIpc) is 3.55. The van der Waals surface area contributed by atoms with E-state index in [4.69, 9.17) is 0 Å². The van der Waals surface area contributed by atoms with Gasteiger partial charge in [0.2, 0.25) is 0 Å². The molecule has 2 aromatic carbocycles. The lowest BCUT2D eigenvalue weighted by atomic mass is 10.3. The van der Waals surface area contributed by atoms with Crippen LogP contribution in [0.15, 0.2) is 101 Å². The van der Waals surface area contributed by atoms with Gasteiger partial charge in [-0.1, -0.05) is 71.3 Å². The highest BCUT2D eigenvalue weighted by molar-refractivity contribution is 8.25. The van der Waals surface area contributed by atoms with Gasteiger partial charge in [-0.15, -0.1) is 22.7 Å². The van der Waals surface area contributed by atoms with Crippen LogP contribution in [-0.2, 0) is 6.42 Å². The van der Waals surface area contributed by atoms with Gasteiger partial charge < -0.3 is 0 Å². The standard InChI is InChI=1S/C25H16S6/c1-2-6-21-20(5-1)28-24(29-21)14-18-11-9-16(26-18)13-17-10-12-19(27-17)15-25-30-22-7-3-4-8-23(22)31-25/h1-12,14-15H,13H2. The van der Waals surface area contributed by atoms with E-state index in [1.165, 1.54) is 47.6 Å². The third-order valence-electron chi connectivity index (χ3n) is 4.77. The third kappa shape index (κ3) is 4.61. The first-order valence-electron chi connectivity index (χ1n) is 9.79. The summed E-state index contributed by atoms with van der Waals surface area (Å²) < 4.78 is 2.74. The van der Waals surface area contributed by atoms with E-state index in [1.54, 1.807) is 0 Å². The van der Waals surface area contributed by atoms with E-state index in [-0.39, 0.29) is 0 Å². The molecule has 0 saturated carbocycles. The molecule has 2 aliphatic rings. The number of thiophene rings is 2. The first-order valence-corrected chi connectivity index (χ1v) is 14.7. The Morgan fingerprint density at radius 3 is 1.26 bits per heavy atom. The molecule has 4 heterocycles. The van der Waals surface area contributed by atoms with Crippen molar-refractivity contribution in [3.05, 3.63) is 101 Å². The van der Waals surface area contributed by atoms with Crippen molar-refractivity contribution in [3.63, 3.8) is 0 Å². The molecular formula is C25H16S6. The Bertz CT molecular complexity index is 1170. The molecule has 4 aromatic rings. The molecule has 0 bridgehead atoms. The van der Waals surface area contributed by atoms with E-state index in [1.807, 2.05) is 69.7 Å². The Morgan fingerprint density at radius 2 is 0.871 bits per heavy atom. The van der Waals surface area contributed by atoms with E-state index < -0.39 is 0 Å². The Labute approximate surface area is 207 Å². The molecule has 0 amide bonds. The summed E-state index contributed by atoms with van der Waals surface area (Å²) in [5, 5.41) is 0. The summed E-state index contributed by atoms with van der Waals surface area (Å²) in [5.74, 6) is 0. The van der Waals surface area contributed by atoms with Crippen LogP contribution in [0.2, 0.25) is 0 Å². The van der Waals surface area contributed by atoms with Crippen LogP contribution in [-0.4, -0.2) is 0 Å². The van der Waals surface area contributed by atoms with E-state index in [0.29, 0.717) is 0 Å². The molecular weight excluding hydrogens is 493 g/mol. The van der Waals surface area contributed by atoms with Gasteiger partial charge in [-0.05, 0) is 60.7 Å². The molecule has 0 atom stereocenters. The summed E-state index contributed by atoms with van der Waals surface area (Å²) in [6.07, 6.45) is 5.68. The van der Waals surface area contributed by atoms with Gasteiger partial charge in [0.05, 0.1) is 8.47 Å². The van der Waals surface area contributed by atoms with E-state index in [0.717, 1.165) is 6.42 Å². The van der Waals surface area contributed by atoms with Gasteiger partial charge >= 0.3 is 0 Å². The minimum Gasteiger partial charge on any atom is -0.141 e. The van der Waals surface area contributed by atoms with Crippen LogP contribution in [0, 0.1) is 0 Å². The summed E-state index contributed by atoms with van der Waals surface area (Å²) >= 11 is 11.3. The van der Waals surface area contributed by atoms with Crippen molar-refractivity contribution in [2.45, 2.75) is 26.0 Å². The zero-order valence-corrected chi connectivity index (χ0v) is 21.1. The van der Waals surface area contributed by atoms with Crippen molar-refractivity contribution in [2.75, 3.05) is 0 Å². The summed E-state index contributed by atoms with van der Waals surface area (Å²) in [4.78, 5) is 11.0. The fraction of sp³-hybridized carbons (Fsp3) is 0.0400. The van der Waals surface area contributed by atoms with Crippen molar-refractivity contribution in [1.82, 2.24) is 0 Å². The monoisotopic (exact) mass is 508 g/mol. The van der Waals surface area contributed by atoms with Gasteiger partial charge in [-0.25, -0.2) is 0 Å². The topological polar surface area (TPSA) is 0 Å². The smallest absolute Gasteiger partial charge is 0.0513 e. The largest absolute Gasteiger partial charge is 0.141 e. The molecule has 0 radical (unpaired) electrons. The second-order valence-corrected chi connectivity index (χ2v) is 14.3. The molecule has 0 fully saturated rings. The van der Waals surface area contributed by atoms with Crippen LogP contribution < -0.4 is 0 Å². The Balaban J connectivity index is 1.12. The fourth-order valence-corrected chi connectivity index (χ4v) is 10.5. The first-order chi connectivity index (χ1) is 15.3. The van der Waals surface area contributed by atoms with Gasteiger partial charge in [0.15, 0.2) is 0 Å². The number of benzene rings is 2. The Kier molecular flexibility index (Phi) is 5.86. The number of rotatable bonds is 4. The van der Waals surface area contributed by atoms with Crippen LogP contribution in [0.5, 0.6) is 0 Å². The van der Waals surface area contributed by atoms with E-state index in [2.05, 4.69) is 84.9 Å². The molecule has 2 aromatic heterocycles. The normalized spacial score (nSPS) is 14.6. The molecule has 0 spiro atoms. The lowest BCUT2D eigenvalue weighted by molar-refractivity contribution is 1.27. The maximum atomic E-state index is 2.33. The van der Waals surface area contributed by atoms with Crippen molar-refractivity contribution in [1.29, 1.82) is 0 Å². The number of hydrogen-bond acceptors (Lipinski definition) is 6. The Hall–Kier alpha value is -1.28. The molecule has 6 heteroatoms. The highest BCUT2D eigenvalue weighted by Crippen LogP contribution is 2.52. The maximum absolute atomic E-state index is 2.33. The summed E-state index contributed by atoms with van der Waals surface area (Å²) in [6.45, 7) is 0. The quantitative estimate of drug-likeness (QED) is 0.269. The average molecular weight is 509 g/mol. The third-order valence-corrected chi connectivity index (χ3v) is 11.7. The second kappa shape index (κ2) is 8.93. The summed E-state index contributed by atoms with van der Waals surface area (Å²) in [6, 6.07) is 26.4. The summed E-state index contributed by atoms with van der Waals surface area (Å²) in [7, 11) is 0. The van der Waals surface area contributed by atoms with Crippen LogP contribution >= 0.6 is 69.7 Å². The number of hydrogen-bond donors (Lipinski definition) is 0. The second-order valence-electron chi connectivity index (χ2n) is 7.01. The molecule has 0 nitrogen and oxygen atoms in total. The van der Waals surface area contributed by atoms with Gasteiger partial charge in [0.25, 0.3) is 0 Å². The molecule has 0 N–H and O–H groups in total. The van der Waals surface area contributed by atoms with Crippen LogP contribution in [0.25, 0.3) is 12.2 Å². The molecule has 0 saturated heterocycles. The highest BCUT2D eigenvalue weighted by Gasteiger charge is 2.18. The molecule has 0 aliphatic carbocycles. The highest BCUT2D eigenvalue weighted by atomic mass is 32.2. The summed E-state index contributed by atoms with van der Waals surface area (Å²) in [5.41, 5.74) is 0. The van der Waals surface area contributed by atoms with Crippen molar-refractivity contribution < 1.29 is 0 Å². The van der Waals surface area contributed by atoms with Crippen molar-refractivity contribution >= 4 is 81.9 Å². The predicted molar refractivity (Wildman–Crippen MR) is 144 cm³/mol. The molecule has 2 aliphatic heterocycles. The molecule has 31 heavy (non-hydrogen) atoms. The zero-order valence-electron chi connectivity index (χ0n) is 16.2. The van der Waals surface area contributed by atoms with Crippen LogP contribution in [0.4, 0.5) is 0 Å². The fourth-order valence-electron chi connectivity index (χ4n) is 3.37. The van der Waals surface area contributed by atoms with Gasteiger partial charge in [0.1, 0.15) is 0 Å². The Morgan fingerprint density at radius 1 is 0.484 bits per heavy atom. The van der Waals surface area contributed by atoms with Gasteiger partial charge in [0, 0.05) is 45.5 Å². The van der Waals surface area contributed by atoms with Crippen LogP contribution in [0.1, 0.15) is 19.5 Å². The number of fused-ring (bicyclic) bond motifs is 2. The SMILES string of the molecule is C(=C1Sc2ccccc2S1)c1ccc(Cc2ccc(C=C3Sc4ccccc4S3)s2)s1. The lowest BCUT2D eigenvalue weighted by Crippen LogP contribution is -1.76. The van der Waals surface area contributed by atoms with E-state index >= 15 is 0 Å². The minimum atomic E-state index is 1.02. The van der Waals surface area contributed by atoms with Gasteiger partial charge in [-0.2, -0.15) is 0 Å². The predicted octanol–water partition coefficient (Wildman–Crippen LogP) is 9.79.